The normalized spacial score (nSPS) is 32.3. The lowest BCUT2D eigenvalue weighted by Gasteiger charge is -2.33. The molecule has 5 rings (SSSR count). The molecule has 29 heavy (non-hydrogen) atoms. The number of cyclic esters (lactones) is 1. The van der Waals surface area contributed by atoms with Crippen molar-refractivity contribution in [1.82, 2.24) is 5.43 Å². The first-order chi connectivity index (χ1) is 14.0. The summed E-state index contributed by atoms with van der Waals surface area (Å²) in [5, 5.41) is 1.88. The number of esters is 1. The zero-order chi connectivity index (χ0) is 20.0. The van der Waals surface area contributed by atoms with E-state index in [-0.39, 0.29) is 30.9 Å². The maximum atomic E-state index is 12.9. The molecule has 2 aromatic carbocycles. The first-order valence-electron chi connectivity index (χ1n) is 9.86. The van der Waals surface area contributed by atoms with Crippen molar-refractivity contribution in [3.63, 3.8) is 0 Å². The Kier molecular flexibility index (Phi) is 4.55. The van der Waals surface area contributed by atoms with Crippen LogP contribution in [0.5, 0.6) is 0 Å². The summed E-state index contributed by atoms with van der Waals surface area (Å²) in [7, 11) is 0. The van der Waals surface area contributed by atoms with Gasteiger partial charge in [-0.25, -0.2) is 5.43 Å². The van der Waals surface area contributed by atoms with E-state index in [1.54, 1.807) is 0 Å². The second-order valence-corrected chi connectivity index (χ2v) is 7.95. The van der Waals surface area contributed by atoms with Crippen LogP contribution in [0.4, 0.5) is 11.4 Å². The molecular weight excluding hydrogens is 372 g/mol. The molecule has 5 atom stereocenters. The summed E-state index contributed by atoms with van der Waals surface area (Å²) in [6, 6.07) is 18.9. The maximum Gasteiger partial charge on any atom is 0.327 e. The van der Waals surface area contributed by atoms with E-state index < -0.39 is 17.9 Å². The van der Waals surface area contributed by atoms with Crippen molar-refractivity contribution in [1.29, 1.82) is 0 Å². The Morgan fingerprint density at radius 2 is 1.48 bits per heavy atom. The van der Waals surface area contributed by atoms with Crippen LogP contribution in [0.2, 0.25) is 0 Å². The molecule has 3 saturated heterocycles. The molecule has 1 N–H and O–H groups in total. The van der Waals surface area contributed by atoms with E-state index >= 15 is 0 Å². The third-order valence-corrected chi connectivity index (χ3v) is 5.46. The number of nitrogens with zero attached hydrogens (tertiary/aromatic N) is 1. The molecule has 3 aliphatic rings. The van der Waals surface area contributed by atoms with E-state index in [0.717, 1.165) is 11.4 Å². The first-order valence-corrected chi connectivity index (χ1v) is 9.86. The topological polar surface area (TPSA) is 69.3 Å². The second-order valence-electron chi connectivity index (χ2n) is 7.95. The average molecular weight is 396 g/mol. The molecule has 7 nitrogen and oxygen atoms in total. The van der Waals surface area contributed by atoms with Crippen LogP contribution in [0, 0.1) is 0 Å². The van der Waals surface area contributed by atoms with Crippen LogP contribution in [-0.4, -0.2) is 48.8 Å². The Morgan fingerprint density at radius 3 is 2.10 bits per heavy atom. The number of fused-ring (bicyclic) bond motifs is 5. The van der Waals surface area contributed by atoms with Crippen molar-refractivity contribution < 1.29 is 23.7 Å². The highest BCUT2D eigenvalue weighted by Crippen LogP contribution is 2.41. The lowest BCUT2D eigenvalue weighted by molar-refractivity contribution is -0.187. The molecule has 0 radical (unpaired) electrons. The zero-order valence-corrected chi connectivity index (χ0v) is 16.4. The highest BCUT2D eigenvalue weighted by molar-refractivity contribution is 5.78. The van der Waals surface area contributed by atoms with Gasteiger partial charge in [0.25, 0.3) is 0 Å². The molecule has 2 bridgehead atoms. The van der Waals surface area contributed by atoms with Crippen molar-refractivity contribution >= 4 is 17.3 Å². The minimum Gasteiger partial charge on any atom is -0.462 e. The van der Waals surface area contributed by atoms with Gasteiger partial charge in [0.15, 0.2) is 11.8 Å². The van der Waals surface area contributed by atoms with E-state index in [4.69, 9.17) is 18.9 Å². The number of hydrogen-bond acceptors (Lipinski definition) is 7. The quantitative estimate of drug-likeness (QED) is 0.629. The predicted molar refractivity (Wildman–Crippen MR) is 105 cm³/mol. The molecule has 3 aliphatic heterocycles. The van der Waals surface area contributed by atoms with Crippen molar-refractivity contribution in [3.8, 4) is 0 Å². The summed E-state index contributed by atoms with van der Waals surface area (Å²) in [5.74, 6) is -1.08. The molecule has 152 valence electrons. The fourth-order valence-electron chi connectivity index (χ4n) is 4.22. The first kappa shape index (κ1) is 18.6. The zero-order valence-electron chi connectivity index (χ0n) is 16.4. The molecule has 0 unspecified atom stereocenters. The molecule has 0 spiro atoms. The van der Waals surface area contributed by atoms with E-state index in [1.165, 1.54) is 0 Å². The molecule has 0 aromatic heterocycles. The minimum atomic E-state index is -0.743. The number of carbonyl (C=O) groups is 1. The van der Waals surface area contributed by atoms with E-state index in [2.05, 4.69) is 5.43 Å². The van der Waals surface area contributed by atoms with Gasteiger partial charge in [-0.05, 0) is 38.1 Å². The van der Waals surface area contributed by atoms with Crippen LogP contribution >= 0.6 is 0 Å². The van der Waals surface area contributed by atoms with Crippen LogP contribution in [-0.2, 0) is 23.7 Å². The lowest BCUT2D eigenvalue weighted by Crippen LogP contribution is -2.56. The Bertz CT molecular complexity index is 836. The third kappa shape index (κ3) is 3.40. The van der Waals surface area contributed by atoms with Crippen molar-refractivity contribution in [3.05, 3.63) is 60.7 Å². The maximum absolute atomic E-state index is 12.9. The van der Waals surface area contributed by atoms with Gasteiger partial charge >= 0.3 is 5.97 Å². The molecule has 0 saturated carbocycles. The molecule has 7 heteroatoms. The lowest BCUT2D eigenvalue weighted by atomic mass is 10.0. The number of nitrogens with one attached hydrogen (secondary N) is 1. The number of rotatable bonds is 4. The van der Waals surface area contributed by atoms with Crippen molar-refractivity contribution in [2.45, 2.75) is 50.1 Å². The second kappa shape index (κ2) is 7.11. The predicted octanol–water partition coefficient (Wildman–Crippen LogP) is 2.54. The van der Waals surface area contributed by atoms with Crippen LogP contribution in [0.3, 0.4) is 0 Å². The molecule has 0 aliphatic carbocycles. The number of hydrogen-bond donors (Lipinski definition) is 1. The van der Waals surface area contributed by atoms with E-state index in [0.29, 0.717) is 0 Å². The van der Waals surface area contributed by atoms with Gasteiger partial charge < -0.3 is 18.9 Å². The van der Waals surface area contributed by atoms with Crippen molar-refractivity contribution in [2.75, 3.05) is 11.6 Å². The summed E-state index contributed by atoms with van der Waals surface area (Å²) in [6.07, 6.45) is -1.44. The van der Waals surface area contributed by atoms with Gasteiger partial charge in [0.05, 0.1) is 11.4 Å². The average Bonchev–Trinajstić information content (AvgIpc) is 3.15. The Balaban J connectivity index is 1.48. The smallest absolute Gasteiger partial charge is 0.327 e. The summed E-state index contributed by atoms with van der Waals surface area (Å²) in [5.41, 5.74) is 5.13. The number of anilines is 2. The third-order valence-electron chi connectivity index (χ3n) is 5.46. The molecule has 3 fully saturated rings. The molecule has 2 aromatic rings. The van der Waals surface area contributed by atoms with Crippen LogP contribution < -0.4 is 10.4 Å². The van der Waals surface area contributed by atoms with Gasteiger partial charge in [0.1, 0.15) is 31.0 Å². The molecular formula is C22H24N2O5. The fraction of sp³-hybridized carbons (Fsp3) is 0.409. The Morgan fingerprint density at radius 1 is 0.897 bits per heavy atom. The monoisotopic (exact) mass is 396 g/mol. The van der Waals surface area contributed by atoms with Crippen LogP contribution in [0.15, 0.2) is 60.7 Å². The van der Waals surface area contributed by atoms with Crippen LogP contribution in [0.25, 0.3) is 0 Å². The number of benzene rings is 2. The number of hydrazine groups is 1. The van der Waals surface area contributed by atoms with Gasteiger partial charge in [0.2, 0.25) is 0 Å². The number of para-hydroxylation sites is 2. The van der Waals surface area contributed by atoms with Gasteiger partial charge in [-0.2, -0.15) is 0 Å². The highest BCUT2D eigenvalue weighted by Gasteiger charge is 2.60. The van der Waals surface area contributed by atoms with E-state index in [9.17, 15) is 4.79 Å². The van der Waals surface area contributed by atoms with E-state index in [1.807, 2.05) is 79.5 Å². The van der Waals surface area contributed by atoms with Gasteiger partial charge in [-0.15, -0.1) is 0 Å². The SMILES string of the molecule is CC1(C)O[C@H]2[C@H]3O[C@H](COC(=O)[C@H]3NN(c3ccccc3)c3ccccc3)[C@H]2O1. The Hall–Kier alpha value is -2.45. The standard InChI is InChI=1S/C22H24N2O5/c1-22(2)28-18-16-13-26-21(25)17(19(27-16)20(18)29-22)23-24(14-9-5-3-6-10-14)15-11-7-4-8-12-15/h3-12,16-20,23H,13H2,1-2H3/t16-,17+,18-,19+,20-/m1/s1. The number of ether oxygens (including phenoxy) is 4. The Labute approximate surface area is 169 Å². The minimum absolute atomic E-state index is 0.158. The van der Waals surface area contributed by atoms with Crippen molar-refractivity contribution in [2.24, 2.45) is 0 Å². The molecule has 0 amide bonds. The summed E-state index contributed by atoms with van der Waals surface area (Å²) >= 11 is 0. The van der Waals surface area contributed by atoms with Crippen LogP contribution in [0.1, 0.15) is 13.8 Å². The molecule has 3 heterocycles. The summed E-state index contributed by atoms with van der Waals surface area (Å²) in [4.78, 5) is 12.9. The largest absolute Gasteiger partial charge is 0.462 e. The highest BCUT2D eigenvalue weighted by atomic mass is 16.8. The van der Waals surface area contributed by atoms with Gasteiger partial charge in [0, 0.05) is 0 Å². The van der Waals surface area contributed by atoms with Gasteiger partial charge in [-0.1, -0.05) is 36.4 Å². The fourth-order valence-corrected chi connectivity index (χ4v) is 4.22. The number of carbonyl (C=O) groups excluding carboxylic acids is 1. The van der Waals surface area contributed by atoms with Gasteiger partial charge in [-0.3, -0.25) is 9.80 Å². The summed E-state index contributed by atoms with van der Waals surface area (Å²) in [6.45, 7) is 3.91. The summed E-state index contributed by atoms with van der Waals surface area (Å²) < 4.78 is 23.8.